The van der Waals surface area contributed by atoms with Crippen molar-refractivity contribution in [2.24, 2.45) is 0 Å². The number of nitrogen functional groups attached to an aromatic ring is 1. The Morgan fingerprint density at radius 3 is 2.92 bits per heavy atom. The number of nitrogens with zero attached hydrogens (tertiary/aromatic N) is 2. The first-order valence-corrected chi connectivity index (χ1v) is 4.05. The first-order valence-electron chi connectivity index (χ1n) is 4.05. The van der Waals surface area contributed by atoms with Crippen LogP contribution in [0, 0.1) is 11.8 Å². The highest BCUT2D eigenvalue weighted by Gasteiger charge is 1.91. The molecular weight excluding hydrogens is 164 g/mol. The third-order valence-corrected chi connectivity index (χ3v) is 1.42. The lowest BCUT2D eigenvalue weighted by molar-refractivity contribution is 0.999. The second-order valence-electron chi connectivity index (χ2n) is 2.45. The Balaban J connectivity index is 2.36. The van der Waals surface area contributed by atoms with Crippen LogP contribution >= 0.6 is 0 Å². The van der Waals surface area contributed by atoms with E-state index in [2.05, 4.69) is 27.4 Å². The molecule has 4 heteroatoms. The van der Waals surface area contributed by atoms with Crippen LogP contribution in [0.3, 0.4) is 0 Å². The molecule has 0 aliphatic rings. The molecule has 0 aromatic carbocycles. The molecule has 1 aromatic rings. The second-order valence-corrected chi connectivity index (χ2v) is 2.45. The number of hydrogen-bond acceptors (Lipinski definition) is 4. The van der Waals surface area contributed by atoms with Crippen LogP contribution in [-0.2, 0) is 0 Å². The summed E-state index contributed by atoms with van der Waals surface area (Å²) in [6, 6.07) is 3.50. The van der Waals surface area contributed by atoms with E-state index in [1.807, 2.05) is 6.92 Å². The predicted molar refractivity (Wildman–Crippen MR) is 53.0 cm³/mol. The molecule has 0 unspecified atom stereocenters. The molecule has 13 heavy (non-hydrogen) atoms. The highest BCUT2D eigenvalue weighted by molar-refractivity contribution is 5.38. The highest BCUT2D eigenvalue weighted by Crippen LogP contribution is 2.01. The van der Waals surface area contributed by atoms with Crippen molar-refractivity contribution in [2.75, 3.05) is 17.6 Å². The fourth-order valence-electron chi connectivity index (χ4n) is 0.815. The summed E-state index contributed by atoms with van der Waals surface area (Å²) in [7, 11) is 0. The van der Waals surface area contributed by atoms with Gasteiger partial charge in [0.2, 0.25) is 0 Å². The van der Waals surface area contributed by atoms with E-state index in [1.165, 1.54) is 0 Å². The van der Waals surface area contributed by atoms with E-state index in [0.717, 1.165) is 18.8 Å². The van der Waals surface area contributed by atoms with Crippen molar-refractivity contribution >= 4 is 11.6 Å². The van der Waals surface area contributed by atoms with Crippen LogP contribution in [0.15, 0.2) is 12.1 Å². The van der Waals surface area contributed by atoms with Crippen molar-refractivity contribution in [2.45, 2.75) is 13.3 Å². The van der Waals surface area contributed by atoms with Gasteiger partial charge < -0.3 is 11.1 Å². The summed E-state index contributed by atoms with van der Waals surface area (Å²) >= 11 is 0. The fraction of sp³-hybridized carbons (Fsp3) is 0.333. The maximum atomic E-state index is 5.38. The Bertz CT molecular complexity index is 307. The van der Waals surface area contributed by atoms with Gasteiger partial charge in [0, 0.05) is 13.0 Å². The maximum absolute atomic E-state index is 5.38. The summed E-state index contributed by atoms with van der Waals surface area (Å²) in [5.41, 5.74) is 5.38. The summed E-state index contributed by atoms with van der Waals surface area (Å²) in [5.74, 6) is 6.92. The Hall–Kier alpha value is -1.76. The highest BCUT2D eigenvalue weighted by atomic mass is 15.2. The zero-order valence-electron chi connectivity index (χ0n) is 7.54. The lowest BCUT2D eigenvalue weighted by atomic mass is 10.4. The Kier molecular flexibility index (Phi) is 3.58. The van der Waals surface area contributed by atoms with Crippen molar-refractivity contribution in [1.29, 1.82) is 0 Å². The van der Waals surface area contributed by atoms with Crippen molar-refractivity contribution in [3.63, 3.8) is 0 Å². The molecule has 0 spiro atoms. The summed E-state index contributed by atoms with van der Waals surface area (Å²) in [6.07, 6.45) is 0.808. The van der Waals surface area contributed by atoms with Crippen LogP contribution in [0.25, 0.3) is 0 Å². The molecule has 0 radical (unpaired) electrons. The lowest BCUT2D eigenvalue weighted by Crippen LogP contribution is -2.04. The van der Waals surface area contributed by atoms with E-state index in [0.29, 0.717) is 5.82 Å². The van der Waals surface area contributed by atoms with Gasteiger partial charge in [0.15, 0.2) is 0 Å². The Morgan fingerprint density at radius 1 is 1.46 bits per heavy atom. The molecule has 0 saturated heterocycles. The summed E-state index contributed by atoms with van der Waals surface area (Å²) in [5, 5.41) is 10.6. The monoisotopic (exact) mass is 176 g/mol. The summed E-state index contributed by atoms with van der Waals surface area (Å²) < 4.78 is 0. The molecule has 0 aliphatic heterocycles. The molecule has 68 valence electrons. The molecular formula is C9H12N4. The number of rotatable bonds is 3. The van der Waals surface area contributed by atoms with Gasteiger partial charge in [0.1, 0.15) is 11.6 Å². The van der Waals surface area contributed by atoms with Gasteiger partial charge in [-0.3, -0.25) is 0 Å². The van der Waals surface area contributed by atoms with E-state index in [4.69, 9.17) is 5.73 Å². The normalized spacial score (nSPS) is 8.69. The van der Waals surface area contributed by atoms with Gasteiger partial charge in [-0.05, 0) is 19.1 Å². The van der Waals surface area contributed by atoms with Gasteiger partial charge in [-0.2, -0.15) is 0 Å². The molecule has 0 fully saturated rings. The average molecular weight is 176 g/mol. The maximum Gasteiger partial charge on any atom is 0.148 e. The SMILES string of the molecule is CC#CCCNc1ccc(N)nn1. The van der Waals surface area contributed by atoms with Gasteiger partial charge in [-0.1, -0.05) is 0 Å². The first-order chi connectivity index (χ1) is 6.33. The van der Waals surface area contributed by atoms with Crippen LogP contribution in [0.2, 0.25) is 0 Å². The summed E-state index contributed by atoms with van der Waals surface area (Å²) in [4.78, 5) is 0. The molecule has 1 heterocycles. The molecule has 1 aromatic heterocycles. The van der Waals surface area contributed by atoms with Gasteiger partial charge in [0.25, 0.3) is 0 Å². The van der Waals surface area contributed by atoms with Crippen molar-refractivity contribution < 1.29 is 0 Å². The van der Waals surface area contributed by atoms with E-state index in [9.17, 15) is 0 Å². The number of aromatic nitrogens is 2. The smallest absolute Gasteiger partial charge is 0.148 e. The fourth-order valence-corrected chi connectivity index (χ4v) is 0.815. The molecule has 0 atom stereocenters. The van der Waals surface area contributed by atoms with E-state index < -0.39 is 0 Å². The van der Waals surface area contributed by atoms with Crippen LogP contribution in [0.5, 0.6) is 0 Å². The number of hydrogen-bond donors (Lipinski definition) is 2. The zero-order chi connectivity index (χ0) is 9.52. The summed E-state index contributed by atoms with van der Waals surface area (Å²) in [6.45, 7) is 2.60. The molecule has 3 N–H and O–H groups in total. The van der Waals surface area contributed by atoms with Crippen molar-refractivity contribution in [3.8, 4) is 11.8 Å². The van der Waals surface area contributed by atoms with Gasteiger partial charge in [0.05, 0.1) is 0 Å². The largest absolute Gasteiger partial charge is 0.382 e. The second kappa shape index (κ2) is 4.99. The van der Waals surface area contributed by atoms with Crippen molar-refractivity contribution in [1.82, 2.24) is 10.2 Å². The molecule has 0 aliphatic carbocycles. The van der Waals surface area contributed by atoms with Crippen LogP contribution in [-0.4, -0.2) is 16.7 Å². The molecule has 1 rings (SSSR count). The lowest BCUT2D eigenvalue weighted by Gasteiger charge is -2.00. The molecule has 0 saturated carbocycles. The van der Waals surface area contributed by atoms with Gasteiger partial charge in [-0.25, -0.2) is 0 Å². The minimum atomic E-state index is 0.430. The van der Waals surface area contributed by atoms with E-state index in [1.54, 1.807) is 12.1 Å². The average Bonchev–Trinajstić information content (AvgIpc) is 2.15. The minimum Gasteiger partial charge on any atom is -0.382 e. The topological polar surface area (TPSA) is 63.8 Å². The van der Waals surface area contributed by atoms with Crippen LogP contribution in [0.4, 0.5) is 11.6 Å². The Morgan fingerprint density at radius 2 is 2.31 bits per heavy atom. The number of anilines is 2. The van der Waals surface area contributed by atoms with E-state index >= 15 is 0 Å². The Labute approximate surface area is 77.6 Å². The molecule has 4 nitrogen and oxygen atoms in total. The first kappa shape index (κ1) is 9.33. The van der Waals surface area contributed by atoms with Crippen LogP contribution in [0.1, 0.15) is 13.3 Å². The van der Waals surface area contributed by atoms with Gasteiger partial charge in [-0.15, -0.1) is 22.0 Å². The van der Waals surface area contributed by atoms with Crippen LogP contribution < -0.4 is 11.1 Å². The standard InChI is InChI=1S/C9H12N4/c1-2-3-4-7-11-9-6-5-8(10)12-13-9/h5-6H,4,7H2,1H3,(H2,10,12)(H,11,13). The van der Waals surface area contributed by atoms with E-state index in [-0.39, 0.29) is 0 Å². The number of nitrogens with one attached hydrogen (secondary N) is 1. The number of nitrogens with two attached hydrogens (primary N) is 1. The molecule has 0 amide bonds. The quantitative estimate of drug-likeness (QED) is 0.530. The van der Waals surface area contributed by atoms with Crippen molar-refractivity contribution in [3.05, 3.63) is 12.1 Å². The third kappa shape index (κ3) is 3.43. The van der Waals surface area contributed by atoms with Gasteiger partial charge >= 0.3 is 0 Å². The minimum absolute atomic E-state index is 0.430. The predicted octanol–water partition coefficient (Wildman–Crippen LogP) is 0.884. The molecule has 0 bridgehead atoms. The third-order valence-electron chi connectivity index (χ3n) is 1.42. The zero-order valence-corrected chi connectivity index (χ0v) is 7.54.